The van der Waals surface area contributed by atoms with Gasteiger partial charge in [-0.2, -0.15) is 0 Å². The van der Waals surface area contributed by atoms with Crippen molar-refractivity contribution in [3.05, 3.63) is 29.3 Å². The Morgan fingerprint density at radius 1 is 1.14 bits per heavy atom. The minimum atomic E-state index is 0.851. The zero-order valence-electron chi connectivity index (χ0n) is 8.37. The maximum atomic E-state index is 5.78. The third-order valence-electron chi connectivity index (χ3n) is 3.57. The second-order valence-electron chi connectivity index (χ2n) is 4.52. The molecule has 74 valence electrons. The summed E-state index contributed by atoms with van der Waals surface area (Å²) >= 11 is 0. The molecule has 0 atom stereocenters. The van der Waals surface area contributed by atoms with Crippen LogP contribution in [0.4, 0.5) is 5.69 Å². The summed E-state index contributed by atoms with van der Waals surface area (Å²) in [5.41, 5.74) is 9.60. The Morgan fingerprint density at radius 3 is 2.64 bits per heavy atom. The highest BCUT2D eigenvalue weighted by Gasteiger charge is 2.29. The molecule has 1 aromatic rings. The Bertz CT molecular complexity index is 355. The molecule has 1 aromatic carbocycles. The van der Waals surface area contributed by atoms with Crippen LogP contribution < -0.4 is 5.73 Å². The van der Waals surface area contributed by atoms with E-state index in [0.29, 0.717) is 0 Å². The molecule has 0 radical (unpaired) electrons. The lowest BCUT2D eigenvalue weighted by molar-refractivity contribution is 0.126. The predicted molar refractivity (Wildman–Crippen MR) is 57.7 cm³/mol. The van der Waals surface area contributed by atoms with Crippen LogP contribution in [0.3, 0.4) is 0 Å². The van der Waals surface area contributed by atoms with E-state index in [1.165, 1.54) is 30.4 Å². The van der Waals surface area contributed by atoms with Crippen molar-refractivity contribution in [1.82, 2.24) is 4.90 Å². The van der Waals surface area contributed by atoms with Gasteiger partial charge in [0.1, 0.15) is 0 Å². The molecule has 1 fully saturated rings. The van der Waals surface area contributed by atoms with Crippen LogP contribution in [0.25, 0.3) is 0 Å². The van der Waals surface area contributed by atoms with E-state index < -0.39 is 0 Å². The summed E-state index contributed by atoms with van der Waals surface area (Å²) in [5, 5.41) is 0. The second kappa shape index (κ2) is 2.99. The SMILES string of the molecule is Nc1ccc2c(c1)CN(C1CCC1)C2. The molecule has 2 nitrogen and oxygen atoms in total. The summed E-state index contributed by atoms with van der Waals surface area (Å²) in [6.07, 6.45) is 4.20. The van der Waals surface area contributed by atoms with Crippen LogP contribution in [0.5, 0.6) is 0 Å². The monoisotopic (exact) mass is 188 g/mol. The molecule has 1 saturated carbocycles. The Morgan fingerprint density at radius 2 is 1.93 bits per heavy atom. The van der Waals surface area contributed by atoms with Crippen molar-refractivity contribution in [2.45, 2.75) is 38.4 Å². The van der Waals surface area contributed by atoms with Crippen LogP contribution in [0.15, 0.2) is 18.2 Å². The van der Waals surface area contributed by atoms with Crippen LogP contribution >= 0.6 is 0 Å². The molecule has 0 aromatic heterocycles. The first-order valence-electron chi connectivity index (χ1n) is 5.44. The quantitative estimate of drug-likeness (QED) is 0.684. The fourth-order valence-corrected chi connectivity index (χ4v) is 2.45. The smallest absolute Gasteiger partial charge is 0.0317 e. The van der Waals surface area contributed by atoms with Crippen molar-refractivity contribution in [2.75, 3.05) is 5.73 Å². The van der Waals surface area contributed by atoms with Crippen LogP contribution in [0.1, 0.15) is 30.4 Å². The van der Waals surface area contributed by atoms with E-state index in [2.05, 4.69) is 17.0 Å². The van der Waals surface area contributed by atoms with Crippen molar-refractivity contribution in [1.29, 1.82) is 0 Å². The summed E-state index contributed by atoms with van der Waals surface area (Å²) < 4.78 is 0. The van der Waals surface area contributed by atoms with Gasteiger partial charge in [-0.1, -0.05) is 12.5 Å². The lowest BCUT2D eigenvalue weighted by atomic mass is 9.92. The number of fused-ring (bicyclic) bond motifs is 1. The number of nitrogen functional groups attached to an aromatic ring is 1. The molecular formula is C12H16N2. The zero-order valence-corrected chi connectivity index (χ0v) is 8.37. The van der Waals surface area contributed by atoms with Crippen LogP contribution in [-0.4, -0.2) is 10.9 Å². The van der Waals surface area contributed by atoms with Crippen molar-refractivity contribution in [2.24, 2.45) is 0 Å². The van der Waals surface area contributed by atoms with Gasteiger partial charge in [0.05, 0.1) is 0 Å². The van der Waals surface area contributed by atoms with Crippen molar-refractivity contribution in [3.8, 4) is 0 Å². The third-order valence-corrected chi connectivity index (χ3v) is 3.57. The molecule has 0 saturated heterocycles. The van der Waals surface area contributed by atoms with Crippen molar-refractivity contribution < 1.29 is 0 Å². The molecule has 1 aliphatic heterocycles. The molecule has 0 amide bonds. The van der Waals surface area contributed by atoms with E-state index in [1.807, 2.05) is 6.07 Å². The lowest BCUT2D eigenvalue weighted by Crippen LogP contribution is -2.36. The van der Waals surface area contributed by atoms with Gasteiger partial charge < -0.3 is 5.73 Å². The molecule has 1 aliphatic carbocycles. The molecule has 0 bridgehead atoms. The van der Waals surface area contributed by atoms with Crippen LogP contribution in [0, 0.1) is 0 Å². The Labute approximate surface area is 84.7 Å². The van der Waals surface area contributed by atoms with Gasteiger partial charge in [-0.3, -0.25) is 4.90 Å². The van der Waals surface area contributed by atoms with E-state index in [1.54, 1.807) is 0 Å². The normalized spacial score (nSPS) is 22.0. The number of rotatable bonds is 1. The van der Waals surface area contributed by atoms with E-state index in [-0.39, 0.29) is 0 Å². The third kappa shape index (κ3) is 1.22. The summed E-state index contributed by atoms with van der Waals surface area (Å²) in [6, 6.07) is 7.18. The molecular weight excluding hydrogens is 172 g/mol. The first kappa shape index (κ1) is 8.30. The maximum Gasteiger partial charge on any atom is 0.0317 e. The maximum absolute atomic E-state index is 5.78. The van der Waals surface area contributed by atoms with E-state index >= 15 is 0 Å². The van der Waals surface area contributed by atoms with E-state index in [9.17, 15) is 0 Å². The van der Waals surface area contributed by atoms with Gasteiger partial charge in [0.2, 0.25) is 0 Å². The first-order valence-corrected chi connectivity index (χ1v) is 5.44. The molecule has 2 heteroatoms. The Hall–Kier alpha value is -1.02. The molecule has 14 heavy (non-hydrogen) atoms. The highest BCUT2D eigenvalue weighted by molar-refractivity contribution is 5.46. The van der Waals surface area contributed by atoms with Crippen LogP contribution in [-0.2, 0) is 13.1 Å². The average molecular weight is 188 g/mol. The predicted octanol–water partition coefficient (Wildman–Crippen LogP) is 2.14. The number of hydrogen-bond donors (Lipinski definition) is 1. The summed E-state index contributed by atoms with van der Waals surface area (Å²) in [6.45, 7) is 2.26. The number of nitrogens with zero attached hydrogens (tertiary/aromatic N) is 1. The number of anilines is 1. The van der Waals surface area contributed by atoms with Gasteiger partial charge in [-0.15, -0.1) is 0 Å². The first-order chi connectivity index (χ1) is 6.83. The zero-order chi connectivity index (χ0) is 9.54. The molecule has 2 aliphatic rings. The largest absolute Gasteiger partial charge is 0.399 e. The van der Waals surface area contributed by atoms with E-state index in [0.717, 1.165) is 24.8 Å². The Kier molecular flexibility index (Phi) is 1.77. The van der Waals surface area contributed by atoms with Gasteiger partial charge >= 0.3 is 0 Å². The second-order valence-corrected chi connectivity index (χ2v) is 4.52. The van der Waals surface area contributed by atoms with Gasteiger partial charge in [0, 0.05) is 24.8 Å². The average Bonchev–Trinajstić information content (AvgIpc) is 2.43. The van der Waals surface area contributed by atoms with Crippen molar-refractivity contribution >= 4 is 5.69 Å². The van der Waals surface area contributed by atoms with Gasteiger partial charge in [0.25, 0.3) is 0 Å². The molecule has 2 N–H and O–H groups in total. The minimum absolute atomic E-state index is 0.851. The summed E-state index contributed by atoms with van der Waals surface area (Å²) in [4.78, 5) is 2.59. The number of benzene rings is 1. The van der Waals surface area contributed by atoms with E-state index in [4.69, 9.17) is 5.73 Å². The van der Waals surface area contributed by atoms with Gasteiger partial charge in [0.15, 0.2) is 0 Å². The highest BCUT2D eigenvalue weighted by Crippen LogP contribution is 2.33. The topological polar surface area (TPSA) is 29.3 Å². The molecule has 0 unspecified atom stereocenters. The summed E-state index contributed by atoms with van der Waals surface area (Å²) in [7, 11) is 0. The Balaban J connectivity index is 1.82. The van der Waals surface area contributed by atoms with Crippen molar-refractivity contribution in [3.63, 3.8) is 0 Å². The fraction of sp³-hybridized carbons (Fsp3) is 0.500. The molecule has 0 spiro atoms. The summed E-state index contributed by atoms with van der Waals surface area (Å²) in [5.74, 6) is 0. The van der Waals surface area contributed by atoms with Gasteiger partial charge in [-0.05, 0) is 36.1 Å². The minimum Gasteiger partial charge on any atom is -0.399 e. The number of nitrogens with two attached hydrogens (primary N) is 1. The standard InChI is InChI=1S/C12H16N2/c13-11-5-4-9-7-14(8-10(9)6-11)12-2-1-3-12/h4-6,12H,1-3,7-8,13H2. The number of hydrogen-bond acceptors (Lipinski definition) is 2. The molecule has 3 rings (SSSR count). The molecule has 1 heterocycles. The highest BCUT2D eigenvalue weighted by atomic mass is 15.2. The lowest BCUT2D eigenvalue weighted by Gasteiger charge is -2.34. The van der Waals surface area contributed by atoms with Crippen LogP contribution in [0.2, 0.25) is 0 Å². The fourth-order valence-electron chi connectivity index (χ4n) is 2.45. The van der Waals surface area contributed by atoms with Gasteiger partial charge in [-0.25, -0.2) is 0 Å².